The third kappa shape index (κ3) is 4.34. The monoisotopic (exact) mass is 472 g/mol. The molecule has 3 aromatic heterocycles. The minimum Gasteiger partial charge on any atom is -0.339 e. The van der Waals surface area contributed by atoms with Crippen molar-refractivity contribution in [2.45, 2.75) is 25.3 Å². The summed E-state index contributed by atoms with van der Waals surface area (Å²) in [5.41, 5.74) is 2.53. The minimum atomic E-state index is -0.214. The molecule has 9 heteroatoms. The zero-order valence-electron chi connectivity index (χ0n) is 18.6. The number of nitrogens with zero attached hydrogens (tertiary/aromatic N) is 5. The van der Waals surface area contributed by atoms with E-state index in [1.54, 1.807) is 24.7 Å². The molecule has 34 heavy (non-hydrogen) atoms. The van der Waals surface area contributed by atoms with Crippen LogP contribution in [0.4, 0.5) is 5.95 Å². The van der Waals surface area contributed by atoms with Crippen molar-refractivity contribution in [3.8, 4) is 10.6 Å². The Labute approximate surface area is 201 Å². The van der Waals surface area contributed by atoms with Crippen LogP contribution in [0.3, 0.4) is 0 Å². The molecule has 4 heterocycles. The molecule has 0 spiro atoms. The Morgan fingerprint density at radius 1 is 1.12 bits per heavy atom. The van der Waals surface area contributed by atoms with Crippen molar-refractivity contribution in [2.75, 3.05) is 18.4 Å². The summed E-state index contributed by atoms with van der Waals surface area (Å²) in [6.07, 6.45) is 8.84. The maximum atomic E-state index is 13.2. The zero-order valence-corrected chi connectivity index (χ0v) is 19.4. The number of anilines is 1. The lowest BCUT2D eigenvalue weighted by molar-refractivity contribution is -0.125. The van der Waals surface area contributed by atoms with Gasteiger partial charge in [0.1, 0.15) is 0 Å². The molecule has 0 radical (unpaired) electrons. The summed E-state index contributed by atoms with van der Waals surface area (Å²) in [7, 11) is 0. The first-order valence-corrected chi connectivity index (χ1v) is 12.0. The molecular formula is C25H24N6O2S. The van der Waals surface area contributed by atoms with Crippen molar-refractivity contribution < 1.29 is 9.59 Å². The Bertz CT molecular complexity index is 1350. The fraction of sp³-hybridized carbons (Fsp3) is 0.240. The zero-order chi connectivity index (χ0) is 23.5. The van der Waals surface area contributed by atoms with E-state index in [9.17, 15) is 9.59 Å². The maximum absolute atomic E-state index is 13.2. The number of likely N-dealkylation sites (tertiary alicyclic amines) is 1. The van der Waals surface area contributed by atoms with E-state index in [1.165, 1.54) is 17.4 Å². The van der Waals surface area contributed by atoms with Crippen LogP contribution in [0.2, 0.25) is 0 Å². The second-order valence-corrected chi connectivity index (χ2v) is 9.20. The van der Waals surface area contributed by atoms with Gasteiger partial charge in [-0.15, -0.1) is 11.3 Å². The lowest BCUT2D eigenvalue weighted by atomic mass is 10.1. The number of carbonyl (C=O) groups excluding carboxylic acids is 2. The van der Waals surface area contributed by atoms with E-state index >= 15 is 0 Å². The van der Waals surface area contributed by atoms with E-state index < -0.39 is 0 Å². The molecule has 1 aromatic carbocycles. The molecule has 0 saturated carbocycles. The van der Waals surface area contributed by atoms with Crippen LogP contribution in [0.15, 0.2) is 67.6 Å². The van der Waals surface area contributed by atoms with Gasteiger partial charge in [0, 0.05) is 31.5 Å². The highest BCUT2D eigenvalue weighted by Crippen LogP contribution is 2.32. The van der Waals surface area contributed by atoms with Gasteiger partial charge in [0.15, 0.2) is 0 Å². The number of imidazole rings is 1. The van der Waals surface area contributed by atoms with E-state index in [-0.39, 0.29) is 17.9 Å². The Morgan fingerprint density at radius 3 is 2.82 bits per heavy atom. The predicted octanol–water partition coefficient (Wildman–Crippen LogP) is 4.55. The average Bonchev–Trinajstić information content (AvgIpc) is 3.43. The SMILES string of the molecule is C=CC(=O)N1CCC[C@@H](n2c(NC(=O)c3ccc(-c4cnccn4)s3)nc3ccccc32)CC1. The molecule has 1 aliphatic rings. The van der Waals surface area contributed by atoms with Crippen molar-refractivity contribution in [3.63, 3.8) is 0 Å². The Morgan fingerprint density at radius 2 is 2.00 bits per heavy atom. The van der Waals surface area contributed by atoms with Crippen LogP contribution in [0.25, 0.3) is 21.6 Å². The van der Waals surface area contributed by atoms with Crippen molar-refractivity contribution >= 4 is 40.1 Å². The molecule has 1 N–H and O–H groups in total. The topological polar surface area (TPSA) is 93.0 Å². The minimum absolute atomic E-state index is 0.0405. The highest BCUT2D eigenvalue weighted by atomic mass is 32.1. The number of hydrogen-bond donors (Lipinski definition) is 1. The van der Waals surface area contributed by atoms with Crippen LogP contribution in [0, 0.1) is 0 Å². The second-order valence-electron chi connectivity index (χ2n) is 8.12. The number of thiophene rings is 1. The maximum Gasteiger partial charge on any atom is 0.268 e. The molecule has 1 aliphatic heterocycles. The van der Waals surface area contributed by atoms with Gasteiger partial charge in [0.2, 0.25) is 11.9 Å². The van der Waals surface area contributed by atoms with Crippen LogP contribution in [0.1, 0.15) is 35.0 Å². The van der Waals surface area contributed by atoms with Gasteiger partial charge in [-0.2, -0.15) is 0 Å². The van der Waals surface area contributed by atoms with Gasteiger partial charge in [-0.25, -0.2) is 4.98 Å². The van der Waals surface area contributed by atoms with Gasteiger partial charge in [-0.05, 0) is 49.6 Å². The van der Waals surface area contributed by atoms with Crippen molar-refractivity contribution in [2.24, 2.45) is 0 Å². The number of amides is 2. The smallest absolute Gasteiger partial charge is 0.268 e. The molecule has 0 unspecified atom stereocenters. The van der Waals surface area contributed by atoms with Gasteiger partial charge in [0.05, 0.1) is 32.7 Å². The fourth-order valence-electron chi connectivity index (χ4n) is 4.38. The highest BCUT2D eigenvalue weighted by molar-refractivity contribution is 7.17. The molecule has 1 fully saturated rings. The molecule has 0 bridgehead atoms. The van der Waals surface area contributed by atoms with E-state index in [0.29, 0.717) is 23.9 Å². The summed E-state index contributed by atoms with van der Waals surface area (Å²) in [6, 6.07) is 11.7. The van der Waals surface area contributed by atoms with Crippen molar-refractivity contribution in [1.82, 2.24) is 24.4 Å². The molecule has 4 aromatic rings. The summed E-state index contributed by atoms with van der Waals surface area (Å²) < 4.78 is 2.12. The number of benzene rings is 1. The van der Waals surface area contributed by atoms with Crippen LogP contribution in [-0.2, 0) is 4.79 Å². The second kappa shape index (κ2) is 9.56. The van der Waals surface area contributed by atoms with E-state index in [1.807, 2.05) is 35.2 Å². The highest BCUT2D eigenvalue weighted by Gasteiger charge is 2.25. The third-order valence-electron chi connectivity index (χ3n) is 6.02. The number of aromatic nitrogens is 4. The fourth-order valence-corrected chi connectivity index (χ4v) is 5.24. The van der Waals surface area contributed by atoms with Crippen molar-refractivity contribution in [3.05, 3.63) is 72.5 Å². The number of para-hydroxylation sites is 2. The molecular weight excluding hydrogens is 448 g/mol. The normalized spacial score (nSPS) is 16.2. The predicted molar refractivity (Wildman–Crippen MR) is 133 cm³/mol. The average molecular weight is 473 g/mol. The number of carbonyl (C=O) groups is 2. The number of hydrogen-bond acceptors (Lipinski definition) is 6. The van der Waals surface area contributed by atoms with E-state index in [0.717, 1.165) is 40.9 Å². The van der Waals surface area contributed by atoms with Crippen LogP contribution >= 0.6 is 11.3 Å². The molecule has 172 valence electrons. The quantitative estimate of drug-likeness (QED) is 0.430. The first kappa shape index (κ1) is 22.0. The number of rotatable bonds is 5. The third-order valence-corrected chi connectivity index (χ3v) is 7.12. The van der Waals surface area contributed by atoms with Gasteiger partial charge in [0.25, 0.3) is 5.91 Å². The van der Waals surface area contributed by atoms with Crippen LogP contribution < -0.4 is 5.32 Å². The lowest BCUT2D eigenvalue weighted by Gasteiger charge is -2.21. The van der Waals surface area contributed by atoms with Crippen LogP contribution in [-0.4, -0.2) is 49.3 Å². The van der Waals surface area contributed by atoms with E-state index in [4.69, 9.17) is 4.98 Å². The van der Waals surface area contributed by atoms with Crippen molar-refractivity contribution in [1.29, 1.82) is 0 Å². The number of fused-ring (bicyclic) bond motifs is 1. The molecule has 0 aliphatic carbocycles. The summed E-state index contributed by atoms with van der Waals surface area (Å²) in [5.74, 6) is 0.268. The van der Waals surface area contributed by atoms with Crippen LogP contribution in [0.5, 0.6) is 0 Å². The lowest BCUT2D eigenvalue weighted by Crippen LogP contribution is -2.30. The van der Waals surface area contributed by atoms with Gasteiger partial charge >= 0.3 is 0 Å². The molecule has 8 nitrogen and oxygen atoms in total. The van der Waals surface area contributed by atoms with Gasteiger partial charge < -0.3 is 9.47 Å². The summed E-state index contributed by atoms with van der Waals surface area (Å²) >= 11 is 1.37. The van der Waals surface area contributed by atoms with Gasteiger partial charge in [-0.3, -0.25) is 24.9 Å². The Balaban J connectivity index is 1.42. The number of nitrogens with one attached hydrogen (secondary N) is 1. The summed E-state index contributed by atoms with van der Waals surface area (Å²) in [6.45, 7) is 4.96. The Hall–Kier alpha value is -3.85. The summed E-state index contributed by atoms with van der Waals surface area (Å²) in [5, 5.41) is 3.03. The molecule has 2 amide bonds. The molecule has 1 saturated heterocycles. The molecule has 1 atom stereocenters. The first-order valence-electron chi connectivity index (χ1n) is 11.2. The first-order chi connectivity index (χ1) is 16.6. The summed E-state index contributed by atoms with van der Waals surface area (Å²) in [4.78, 5) is 41.7. The standard InChI is InChI=1S/C25H24N6O2S/c1-2-23(32)30-14-5-6-17(11-15-30)31-20-8-4-3-7-18(20)28-25(31)29-24(33)22-10-9-21(34-22)19-16-26-12-13-27-19/h2-4,7-10,12-13,16-17H,1,5-6,11,14-15H2,(H,28,29,33)/t17-/m1/s1. The molecule has 5 rings (SSSR count). The van der Waals surface area contributed by atoms with E-state index in [2.05, 4.69) is 26.4 Å². The Kier molecular flexibility index (Phi) is 6.18. The largest absolute Gasteiger partial charge is 0.339 e. The van der Waals surface area contributed by atoms with Gasteiger partial charge in [-0.1, -0.05) is 18.7 Å².